The number of carbonyl (C=O) groups excluding carboxylic acids is 3. The lowest BCUT2D eigenvalue weighted by molar-refractivity contribution is -0.766. The normalized spacial score (nSPS) is 13.2. The minimum Gasteiger partial charge on any atom is -0.466 e. The van der Waals surface area contributed by atoms with Crippen LogP contribution in [0.4, 0.5) is 4.79 Å². The van der Waals surface area contributed by atoms with Crippen molar-refractivity contribution in [3.63, 3.8) is 0 Å². The third-order valence-electron chi connectivity index (χ3n) is 5.74. The standard InChI is InChI=1S/C28H36N6O6/c1-27(2,3)40-26(37)30-28(4,5)25(36)29-21(18-39-17-19-13-9-7-10-14-19)23-31-32-33-34(23)22(24(35)38-6)20-15-11-8-12-16-20/h7-16,21-22H,17-18H2,1-6H3,(H2,29,30,36,37)/p+1/t21-,22?/m1/s1. The number of rotatable bonds is 11. The fourth-order valence-electron chi connectivity index (χ4n) is 3.79. The van der Waals surface area contributed by atoms with Crippen molar-refractivity contribution in [2.45, 2.75) is 64.4 Å². The van der Waals surface area contributed by atoms with Crippen LogP contribution in [0, 0.1) is 0 Å². The summed E-state index contributed by atoms with van der Waals surface area (Å²) in [7, 11) is 1.29. The van der Waals surface area contributed by atoms with Gasteiger partial charge in [-0.2, -0.15) is 0 Å². The highest BCUT2D eigenvalue weighted by molar-refractivity contribution is 5.89. The van der Waals surface area contributed by atoms with Crippen LogP contribution in [0.2, 0.25) is 0 Å². The summed E-state index contributed by atoms with van der Waals surface area (Å²) >= 11 is 0. The van der Waals surface area contributed by atoms with Crippen LogP contribution >= 0.6 is 0 Å². The SMILES string of the molecule is COC(=O)C(c1ccccc1)[n+]1[nH]nnc1[C@@H](COCc1ccccc1)NC(=O)C(C)(C)NC(=O)OC(C)(C)C. The number of aromatic amines is 1. The Hall–Kier alpha value is -4.32. The van der Waals surface area contributed by atoms with E-state index in [-0.39, 0.29) is 19.0 Å². The van der Waals surface area contributed by atoms with E-state index in [1.54, 1.807) is 58.9 Å². The molecule has 0 radical (unpaired) electrons. The molecule has 0 aliphatic rings. The van der Waals surface area contributed by atoms with E-state index in [2.05, 4.69) is 26.2 Å². The summed E-state index contributed by atoms with van der Waals surface area (Å²) in [6.45, 7) is 8.54. The van der Waals surface area contributed by atoms with Gasteiger partial charge in [0.1, 0.15) is 22.3 Å². The van der Waals surface area contributed by atoms with Crippen molar-refractivity contribution < 1.29 is 33.3 Å². The molecule has 0 spiro atoms. The molecule has 0 fully saturated rings. The van der Waals surface area contributed by atoms with Gasteiger partial charge < -0.3 is 24.8 Å². The Balaban J connectivity index is 1.90. The van der Waals surface area contributed by atoms with Crippen molar-refractivity contribution in [1.82, 2.24) is 26.2 Å². The van der Waals surface area contributed by atoms with Crippen LogP contribution in [-0.2, 0) is 30.4 Å². The summed E-state index contributed by atoms with van der Waals surface area (Å²) in [6.07, 6.45) is -0.740. The minimum atomic E-state index is -1.37. The van der Waals surface area contributed by atoms with Gasteiger partial charge in [0.05, 0.1) is 20.3 Å². The summed E-state index contributed by atoms with van der Waals surface area (Å²) in [5, 5.41) is 16.3. The molecule has 3 N–H and O–H groups in total. The number of methoxy groups -OCH3 is 1. The van der Waals surface area contributed by atoms with Gasteiger partial charge in [-0.15, -0.1) is 4.68 Å². The number of nitrogens with one attached hydrogen (secondary N) is 3. The van der Waals surface area contributed by atoms with Gasteiger partial charge in [-0.3, -0.25) is 4.79 Å². The first-order chi connectivity index (χ1) is 18.9. The zero-order valence-corrected chi connectivity index (χ0v) is 23.6. The van der Waals surface area contributed by atoms with Gasteiger partial charge in [-0.1, -0.05) is 65.9 Å². The molecule has 3 rings (SSSR count). The fraction of sp³-hybridized carbons (Fsp3) is 0.429. The average Bonchev–Trinajstić information content (AvgIpc) is 3.37. The number of alkyl carbamates (subject to hydrolysis) is 1. The molecule has 1 heterocycles. The summed E-state index contributed by atoms with van der Waals surface area (Å²) in [5.41, 5.74) is -0.551. The second kappa shape index (κ2) is 13.2. The van der Waals surface area contributed by atoms with Gasteiger partial charge >= 0.3 is 17.9 Å². The van der Waals surface area contributed by atoms with E-state index in [9.17, 15) is 14.4 Å². The van der Waals surface area contributed by atoms with Crippen molar-refractivity contribution in [3.8, 4) is 0 Å². The number of H-pyrrole nitrogens is 1. The molecule has 2 amide bonds. The van der Waals surface area contributed by atoms with Crippen molar-refractivity contribution in [2.24, 2.45) is 0 Å². The maximum atomic E-state index is 13.4. The number of amides is 2. The van der Waals surface area contributed by atoms with Gasteiger partial charge in [-0.25, -0.2) is 9.59 Å². The Bertz CT molecular complexity index is 1270. The third kappa shape index (κ3) is 8.34. The predicted molar refractivity (Wildman–Crippen MR) is 144 cm³/mol. The van der Waals surface area contributed by atoms with Crippen LogP contribution in [0.15, 0.2) is 60.7 Å². The number of tetrazole rings is 1. The maximum absolute atomic E-state index is 13.4. The second-order valence-electron chi connectivity index (χ2n) is 10.6. The lowest BCUT2D eigenvalue weighted by Gasteiger charge is -2.29. The zero-order chi connectivity index (χ0) is 29.3. The van der Waals surface area contributed by atoms with Crippen molar-refractivity contribution in [3.05, 3.63) is 77.6 Å². The molecule has 0 saturated carbocycles. The van der Waals surface area contributed by atoms with Crippen molar-refractivity contribution in [2.75, 3.05) is 13.7 Å². The second-order valence-corrected chi connectivity index (χ2v) is 10.6. The topological polar surface area (TPSA) is 148 Å². The fourth-order valence-corrected chi connectivity index (χ4v) is 3.79. The van der Waals surface area contributed by atoms with Gasteiger partial charge in [0.15, 0.2) is 5.21 Å². The van der Waals surface area contributed by atoms with Crippen molar-refractivity contribution >= 4 is 18.0 Å². The lowest BCUT2D eigenvalue weighted by atomic mass is 10.0. The van der Waals surface area contributed by atoms with E-state index in [0.717, 1.165) is 5.56 Å². The first-order valence-electron chi connectivity index (χ1n) is 12.8. The minimum absolute atomic E-state index is 0.0155. The highest BCUT2D eigenvalue weighted by Gasteiger charge is 2.39. The Morgan fingerprint density at radius 2 is 1.60 bits per heavy atom. The number of aromatic nitrogens is 4. The largest absolute Gasteiger partial charge is 0.466 e. The number of nitrogens with zero attached hydrogens (tertiary/aromatic N) is 3. The quantitative estimate of drug-likeness (QED) is 0.242. The summed E-state index contributed by atoms with van der Waals surface area (Å²) in [4.78, 5) is 38.8. The molecule has 0 aliphatic heterocycles. The zero-order valence-electron chi connectivity index (χ0n) is 23.6. The molecule has 1 unspecified atom stereocenters. The smallest absolute Gasteiger partial charge is 0.408 e. The van der Waals surface area contributed by atoms with Crippen LogP contribution in [0.3, 0.4) is 0 Å². The molecule has 40 heavy (non-hydrogen) atoms. The lowest BCUT2D eigenvalue weighted by Crippen LogP contribution is -2.58. The number of esters is 1. The van der Waals surface area contributed by atoms with Crippen molar-refractivity contribution in [1.29, 1.82) is 0 Å². The van der Waals surface area contributed by atoms with Crippen LogP contribution in [0.5, 0.6) is 0 Å². The van der Waals surface area contributed by atoms with E-state index in [1.165, 1.54) is 11.8 Å². The van der Waals surface area contributed by atoms with E-state index < -0.39 is 41.2 Å². The van der Waals surface area contributed by atoms with Crippen LogP contribution in [0.1, 0.15) is 63.7 Å². The first kappa shape index (κ1) is 30.2. The number of carbonyl (C=O) groups is 3. The number of hydrogen-bond donors (Lipinski definition) is 3. The molecule has 3 aromatic rings. The molecule has 12 heteroatoms. The molecule has 2 atom stereocenters. The molecule has 0 aliphatic carbocycles. The molecular weight excluding hydrogens is 516 g/mol. The number of ether oxygens (including phenoxy) is 3. The first-order valence-corrected chi connectivity index (χ1v) is 12.8. The van der Waals surface area contributed by atoms with Crippen LogP contribution in [0.25, 0.3) is 0 Å². The summed E-state index contributed by atoms with van der Waals surface area (Å²) in [6, 6.07) is 16.7. The molecule has 12 nitrogen and oxygen atoms in total. The Kier molecular flexibility index (Phi) is 9.94. The van der Waals surface area contributed by atoms with Gasteiger partial charge in [0.2, 0.25) is 11.9 Å². The highest BCUT2D eigenvalue weighted by atomic mass is 16.6. The van der Waals surface area contributed by atoms with Crippen LogP contribution < -0.4 is 15.3 Å². The van der Waals surface area contributed by atoms with Gasteiger partial charge in [-0.05, 0) is 40.2 Å². The summed E-state index contributed by atoms with van der Waals surface area (Å²) < 4.78 is 17.8. The Morgan fingerprint density at radius 3 is 2.20 bits per heavy atom. The van der Waals surface area contributed by atoms with Crippen LogP contribution in [-0.4, -0.2) is 58.4 Å². The van der Waals surface area contributed by atoms with Gasteiger partial charge in [0, 0.05) is 5.56 Å². The van der Waals surface area contributed by atoms with E-state index >= 15 is 0 Å². The average molecular weight is 554 g/mol. The molecule has 0 saturated heterocycles. The van der Waals surface area contributed by atoms with Gasteiger partial charge in [0.25, 0.3) is 0 Å². The number of benzene rings is 2. The molecule has 1 aromatic heterocycles. The van der Waals surface area contributed by atoms with E-state index in [4.69, 9.17) is 14.2 Å². The summed E-state index contributed by atoms with van der Waals surface area (Å²) in [5.74, 6) is -0.880. The maximum Gasteiger partial charge on any atom is 0.408 e. The molecule has 0 bridgehead atoms. The molecule has 2 aromatic carbocycles. The predicted octanol–water partition coefficient (Wildman–Crippen LogP) is 2.53. The Labute approximate surface area is 233 Å². The highest BCUT2D eigenvalue weighted by Crippen LogP contribution is 2.18. The van der Waals surface area contributed by atoms with E-state index in [0.29, 0.717) is 5.56 Å². The van der Waals surface area contributed by atoms with E-state index in [1.807, 2.05) is 36.4 Å². The molecule has 214 valence electrons. The third-order valence-corrected chi connectivity index (χ3v) is 5.74. The monoisotopic (exact) mass is 553 g/mol. The number of hydrogen-bond acceptors (Lipinski definition) is 8. The Morgan fingerprint density at radius 1 is 0.975 bits per heavy atom. The molecular formula is C28H37N6O6+.